The molecule has 8 heavy (non-hydrogen) atoms. The Balaban J connectivity index is 3.32. The van der Waals surface area contributed by atoms with Crippen molar-refractivity contribution in [3.8, 4) is 0 Å². The fourth-order valence-corrected chi connectivity index (χ4v) is 3.27. The van der Waals surface area contributed by atoms with E-state index in [0.717, 1.165) is 11.4 Å². The molecule has 2 nitrogen and oxygen atoms in total. The number of carbonyl (C=O) groups is 1. The van der Waals surface area contributed by atoms with Gasteiger partial charge in [-0.15, -0.1) is 0 Å². The van der Waals surface area contributed by atoms with Crippen molar-refractivity contribution in [3.05, 3.63) is 0 Å². The Morgan fingerprint density at radius 1 is 1.75 bits per heavy atom. The van der Waals surface area contributed by atoms with Crippen LogP contribution in [0.15, 0.2) is 0 Å². The fraction of sp³-hybridized carbons (Fsp3) is 0.800. The van der Waals surface area contributed by atoms with Gasteiger partial charge in [-0.05, 0) is 0 Å². The molecule has 0 bridgehead atoms. The van der Waals surface area contributed by atoms with Gasteiger partial charge in [-0.2, -0.15) is 0 Å². The van der Waals surface area contributed by atoms with Gasteiger partial charge in [0.05, 0.1) is 0 Å². The average Bonchev–Trinajstić information content (AvgIpc) is 1.67. The van der Waals surface area contributed by atoms with Crippen LogP contribution in [-0.2, 0) is 21.0 Å². The van der Waals surface area contributed by atoms with Crippen molar-refractivity contribution in [1.29, 1.82) is 0 Å². The summed E-state index contributed by atoms with van der Waals surface area (Å²) >= 11 is -2.01. The third-order valence-corrected chi connectivity index (χ3v) is 7.14. The summed E-state index contributed by atoms with van der Waals surface area (Å²) in [6, 6.07) is 0. The van der Waals surface area contributed by atoms with Gasteiger partial charge in [0.1, 0.15) is 0 Å². The van der Waals surface area contributed by atoms with Gasteiger partial charge < -0.3 is 0 Å². The van der Waals surface area contributed by atoms with Crippen LogP contribution in [0.1, 0.15) is 20.3 Å². The molecular weight excluding hydrogens is 155 g/mol. The maximum absolute atomic E-state index is 10.5. The molecule has 0 aliphatic heterocycles. The van der Waals surface area contributed by atoms with E-state index in [4.69, 9.17) is 4.48 Å². The third kappa shape index (κ3) is 3.28. The maximum atomic E-state index is 10.5. The van der Waals surface area contributed by atoms with Gasteiger partial charge in [-0.3, -0.25) is 0 Å². The van der Waals surface area contributed by atoms with E-state index in [1.54, 1.807) is 6.92 Å². The molecule has 0 atom stereocenters. The third-order valence-electron chi connectivity index (χ3n) is 1.37. The van der Waals surface area contributed by atoms with Crippen molar-refractivity contribution >= 4 is 4.38 Å². The second-order valence-corrected chi connectivity index (χ2v) is 8.99. The Kier molecular flexibility index (Phi) is 4.30. The summed E-state index contributed by atoms with van der Waals surface area (Å²) < 4.78 is 5.88. The molecule has 0 aromatic carbocycles. The quantitative estimate of drug-likeness (QED) is 0.634. The first-order chi connectivity index (χ1) is 3.68. The average molecular weight is 168 g/mol. The molecule has 0 unspecified atom stereocenters. The van der Waals surface area contributed by atoms with Crippen LogP contribution in [0.5, 0.6) is 0 Å². The SMILES string of the molecule is CC[CH2][Zn]([NH2])[C](C)=O. The molecule has 0 aromatic heterocycles. The molecule has 0 fully saturated rings. The normalized spacial score (nSPS) is 8.88. The molecule has 3 heteroatoms. The predicted octanol–water partition coefficient (Wildman–Crippen LogP) is 0.853. The Morgan fingerprint density at radius 2 is 2.25 bits per heavy atom. The number of nitrogens with two attached hydrogens (primary N) is 1. The van der Waals surface area contributed by atoms with Gasteiger partial charge >= 0.3 is 55.1 Å². The van der Waals surface area contributed by atoms with Crippen LogP contribution in [0.3, 0.4) is 0 Å². The first-order valence-electron chi connectivity index (χ1n) is 3.17. The number of carbonyl (C=O) groups excluding carboxylic acids is 1. The summed E-state index contributed by atoms with van der Waals surface area (Å²) in [7, 11) is 0. The van der Waals surface area contributed by atoms with Crippen LogP contribution >= 0.6 is 0 Å². The van der Waals surface area contributed by atoms with Gasteiger partial charge in [0.15, 0.2) is 0 Å². The first-order valence-corrected chi connectivity index (χ1v) is 8.47. The first kappa shape index (κ1) is 8.25. The second-order valence-electron chi connectivity index (χ2n) is 2.30. The second kappa shape index (κ2) is 4.16. The Hall–Kier alpha value is 0.253. The van der Waals surface area contributed by atoms with Gasteiger partial charge in [0, 0.05) is 0 Å². The molecule has 0 aliphatic carbocycles. The van der Waals surface area contributed by atoms with Crippen LogP contribution in [0.2, 0.25) is 5.02 Å². The van der Waals surface area contributed by atoms with Crippen molar-refractivity contribution in [3.63, 3.8) is 0 Å². The van der Waals surface area contributed by atoms with Crippen molar-refractivity contribution in [2.24, 2.45) is 4.48 Å². The van der Waals surface area contributed by atoms with E-state index < -0.39 is 16.2 Å². The number of hydrogen-bond acceptors (Lipinski definition) is 2. The molecule has 45 valence electrons. The van der Waals surface area contributed by atoms with Crippen LogP contribution < -0.4 is 4.48 Å². The van der Waals surface area contributed by atoms with Crippen LogP contribution in [-0.4, -0.2) is 4.38 Å². The summed E-state index contributed by atoms with van der Waals surface area (Å²) in [5, 5.41) is 1.02. The molecule has 0 spiro atoms. The van der Waals surface area contributed by atoms with Gasteiger partial charge in [-0.25, -0.2) is 0 Å². The van der Waals surface area contributed by atoms with Crippen LogP contribution in [0, 0.1) is 0 Å². The summed E-state index contributed by atoms with van der Waals surface area (Å²) in [6.45, 7) is 3.69. The van der Waals surface area contributed by atoms with Crippen LogP contribution in [0.25, 0.3) is 0 Å². The van der Waals surface area contributed by atoms with E-state index in [1.807, 2.05) is 0 Å². The topological polar surface area (TPSA) is 43.1 Å². The number of hydrogen-bond donors (Lipinski definition) is 1. The van der Waals surface area contributed by atoms with E-state index in [1.165, 1.54) is 0 Å². The van der Waals surface area contributed by atoms with Crippen molar-refractivity contribution in [2.45, 2.75) is 25.3 Å². The molecule has 0 amide bonds. The summed E-state index contributed by atoms with van der Waals surface area (Å²) in [5.41, 5.74) is 0. The molecule has 2 N–H and O–H groups in total. The van der Waals surface area contributed by atoms with Crippen molar-refractivity contribution in [2.75, 3.05) is 0 Å². The van der Waals surface area contributed by atoms with Crippen molar-refractivity contribution in [1.82, 2.24) is 0 Å². The zero-order valence-corrected chi connectivity index (χ0v) is 8.57. The molecular formula is C5H12NOZn. The standard InChI is InChI=1S/C3H7.C2H3O.H2N.Zn/c1-3-2;1-2-3;;/h1,3H2,2H3;1H3;1H2;/q;;-1;+1. The monoisotopic (exact) mass is 166 g/mol. The molecule has 0 saturated carbocycles. The van der Waals surface area contributed by atoms with E-state index in [-0.39, 0.29) is 0 Å². The van der Waals surface area contributed by atoms with Gasteiger partial charge in [0.25, 0.3) is 0 Å². The Morgan fingerprint density at radius 3 is 2.38 bits per heavy atom. The van der Waals surface area contributed by atoms with E-state index in [9.17, 15) is 4.79 Å². The molecule has 0 aromatic rings. The zero-order valence-electron chi connectivity index (χ0n) is 5.61. The number of rotatable bonds is 3. The van der Waals surface area contributed by atoms with Crippen LogP contribution in [0.4, 0.5) is 0 Å². The van der Waals surface area contributed by atoms with Gasteiger partial charge in [-0.1, -0.05) is 0 Å². The van der Waals surface area contributed by atoms with E-state index in [0.29, 0.717) is 4.38 Å². The fourth-order valence-electron chi connectivity index (χ4n) is 0.630. The molecule has 0 saturated heterocycles. The Bertz CT molecular complexity index is 84.5. The van der Waals surface area contributed by atoms with E-state index >= 15 is 0 Å². The summed E-state index contributed by atoms with van der Waals surface area (Å²) in [5.74, 6) is 0. The molecule has 0 rings (SSSR count). The minimum atomic E-state index is -2.01. The summed E-state index contributed by atoms with van der Waals surface area (Å²) in [4.78, 5) is 10.5. The molecule has 0 radical (unpaired) electrons. The predicted molar refractivity (Wildman–Crippen MR) is 30.0 cm³/mol. The van der Waals surface area contributed by atoms with Crippen molar-refractivity contribution < 1.29 is 21.0 Å². The van der Waals surface area contributed by atoms with E-state index in [2.05, 4.69) is 6.92 Å². The zero-order chi connectivity index (χ0) is 6.57. The van der Waals surface area contributed by atoms with Gasteiger partial charge in [0.2, 0.25) is 0 Å². The minimum absolute atomic E-state index is 0.298. The summed E-state index contributed by atoms with van der Waals surface area (Å²) in [6.07, 6.45) is 1.08. The Labute approximate surface area is 55.6 Å². The molecule has 0 aliphatic rings. The molecule has 0 heterocycles.